The molecule has 0 fully saturated rings. The van der Waals surface area contributed by atoms with Crippen LogP contribution in [-0.2, 0) is 13.2 Å². The largest absolute Gasteiger partial charge is 0.491 e. The van der Waals surface area contributed by atoms with Gasteiger partial charge >= 0.3 is 0 Å². The molecule has 0 aliphatic rings. The van der Waals surface area contributed by atoms with Gasteiger partial charge in [-0.2, -0.15) is 0 Å². The molecule has 8 heteroatoms. The molecule has 8 nitrogen and oxygen atoms in total. The second-order valence-corrected chi connectivity index (χ2v) is 5.50. The number of aliphatic hydroxyl groups is 2. The molecule has 25 heavy (non-hydrogen) atoms. The van der Waals surface area contributed by atoms with E-state index in [1.54, 1.807) is 4.57 Å². The maximum Gasteiger partial charge on any atom is 0.269 e. The van der Waals surface area contributed by atoms with E-state index in [1.807, 2.05) is 24.3 Å². The molecule has 1 aromatic heterocycles. The van der Waals surface area contributed by atoms with Crippen molar-refractivity contribution < 1.29 is 19.9 Å². The molecular formula is C17H17N3O5. The molecule has 0 saturated carbocycles. The average Bonchev–Trinajstić information content (AvgIpc) is 2.98. The number of nitrogens with zero attached hydrogens (tertiary/aromatic N) is 3. The van der Waals surface area contributed by atoms with Gasteiger partial charge < -0.3 is 19.5 Å². The minimum atomic E-state index is -0.835. The molecule has 0 aliphatic heterocycles. The second kappa shape index (κ2) is 7.29. The number of nitro groups is 1. The fourth-order valence-electron chi connectivity index (χ4n) is 2.57. The van der Waals surface area contributed by atoms with Crippen molar-refractivity contribution in [3.05, 3.63) is 64.5 Å². The summed E-state index contributed by atoms with van der Waals surface area (Å²) in [6.45, 7) is -0.0107. The maximum atomic E-state index is 10.6. The van der Waals surface area contributed by atoms with Crippen molar-refractivity contribution in [3.8, 4) is 5.75 Å². The van der Waals surface area contributed by atoms with Crippen molar-refractivity contribution in [2.24, 2.45) is 0 Å². The molecule has 0 spiro atoms. The van der Waals surface area contributed by atoms with Gasteiger partial charge in [0.05, 0.1) is 22.5 Å². The predicted octanol–water partition coefficient (Wildman–Crippen LogP) is 1.88. The lowest BCUT2D eigenvalue weighted by Crippen LogP contribution is -2.24. The predicted molar refractivity (Wildman–Crippen MR) is 90.3 cm³/mol. The van der Waals surface area contributed by atoms with Crippen LogP contribution in [0.4, 0.5) is 5.69 Å². The van der Waals surface area contributed by atoms with Gasteiger partial charge in [0.2, 0.25) is 0 Å². The SMILES string of the molecule is O=[N+]([O-])c1ccc(OC[C@H](O)Cn2c(CO)nc3ccccc32)cc1. The first-order valence-corrected chi connectivity index (χ1v) is 7.69. The van der Waals surface area contributed by atoms with Gasteiger partial charge in [0.15, 0.2) is 0 Å². The summed E-state index contributed by atoms with van der Waals surface area (Å²) in [5.41, 5.74) is 1.54. The van der Waals surface area contributed by atoms with Crippen LogP contribution in [0.3, 0.4) is 0 Å². The molecule has 1 heterocycles. The Bertz CT molecular complexity index is 876. The van der Waals surface area contributed by atoms with E-state index in [1.165, 1.54) is 24.3 Å². The van der Waals surface area contributed by atoms with Crippen molar-refractivity contribution in [2.75, 3.05) is 6.61 Å². The highest BCUT2D eigenvalue weighted by atomic mass is 16.6. The number of nitro benzene ring substituents is 1. The summed E-state index contributed by atoms with van der Waals surface area (Å²) in [4.78, 5) is 14.5. The first-order valence-electron chi connectivity index (χ1n) is 7.69. The molecule has 3 rings (SSSR count). The van der Waals surface area contributed by atoms with Crippen LogP contribution in [-0.4, -0.2) is 37.4 Å². The molecule has 2 aromatic carbocycles. The molecule has 0 unspecified atom stereocenters. The van der Waals surface area contributed by atoms with Gasteiger partial charge in [0.1, 0.15) is 30.9 Å². The number of hydrogen-bond acceptors (Lipinski definition) is 6. The first kappa shape index (κ1) is 16.9. The van der Waals surface area contributed by atoms with Gasteiger partial charge in [0, 0.05) is 12.1 Å². The standard InChI is InChI=1S/C17H17N3O5/c21-10-17-18-15-3-1-2-4-16(15)19(17)9-13(22)11-25-14-7-5-12(6-8-14)20(23)24/h1-8,13,21-22H,9-11H2/t13-/m1/s1. The number of benzene rings is 2. The zero-order valence-electron chi connectivity index (χ0n) is 13.3. The molecule has 1 atom stereocenters. The normalized spacial score (nSPS) is 12.2. The smallest absolute Gasteiger partial charge is 0.269 e. The van der Waals surface area contributed by atoms with E-state index in [0.29, 0.717) is 11.6 Å². The van der Waals surface area contributed by atoms with Gasteiger partial charge in [-0.1, -0.05) is 12.1 Å². The highest BCUT2D eigenvalue weighted by Crippen LogP contribution is 2.19. The molecule has 0 saturated heterocycles. The van der Waals surface area contributed by atoms with Crippen LogP contribution >= 0.6 is 0 Å². The number of aromatic nitrogens is 2. The number of non-ortho nitro benzene ring substituents is 1. The Balaban J connectivity index is 1.66. The van der Waals surface area contributed by atoms with Crippen LogP contribution in [0.2, 0.25) is 0 Å². The highest BCUT2D eigenvalue weighted by Gasteiger charge is 2.14. The number of imidazole rings is 1. The van der Waals surface area contributed by atoms with Crippen LogP contribution in [0.25, 0.3) is 11.0 Å². The lowest BCUT2D eigenvalue weighted by atomic mass is 10.3. The zero-order chi connectivity index (χ0) is 17.8. The third-order valence-corrected chi connectivity index (χ3v) is 3.76. The lowest BCUT2D eigenvalue weighted by molar-refractivity contribution is -0.384. The Kier molecular flexibility index (Phi) is 4.92. The van der Waals surface area contributed by atoms with Crippen LogP contribution in [0, 0.1) is 10.1 Å². The van der Waals surface area contributed by atoms with Crippen molar-refractivity contribution in [1.82, 2.24) is 9.55 Å². The fourth-order valence-corrected chi connectivity index (χ4v) is 2.57. The Labute approximate surface area is 143 Å². The van der Waals surface area contributed by atoms with Crippen molar-refractivity contribution in [2.45, 2.75) is 19.3 Å². The minimum Gasteiger partial charge on any atom is -0.491 e. The van der Waals surface area contributed by atoms with Crippen molar-refractivity contribution in [1.29, 1.82) is 0 Å². The number of rotatable bonds is 7. The summed E-state index contributed by atoms with van der Waals surface area (Å²) < 4.78 is 7.22. The van der Waals surface area contributed by atoms with Gasteiger partial charge in [0.25, 0.3) is 5.69 Å². The van der Waals surface area contributed by atoms with Gasteiger partial charge in [-0.25, -0.2) is 4.98 Å². The molecule has 130 valence electrons. The summed E-state index contributed by atoms with van der Waals surface area (Å²) in [7, 11) is 0. The van der Waals surface area contributed by atoms with E-state index < -0.39 is 11.0 Å². The Morgan fingerprint density at radius 2 is 1.92 bits per heavy atom. The summed E-state index contributed by atoms with van der Waals surface area (Å²) in [6.07, 6.45) is -0.835. The van der Waals surface area contributed by atoms with Crippen LogP contribution in [0.15, 0.2) is 48.5 Å². The zero-order valence-corrected chi connectivity index (χ0v) is 13.3. The third-order valence-electron chi connectivity index (χ3n) is 3.76. The van der Waals surface area contributed by atoms with Crippen LogP contribution in [0.5, 0.6) is 5.75 Å². The van der Waals surface area contributed by atoms with Gasteiger partial charge in [-0.05, 0) is 24.3 Å². The molecule has 0 radical (unpaired) electrons. The lowest BCUT2D eigenvalue weighted by Gasteiger charge is -2.15. The van der Waals surface area contributed by atoms with Gasteiger partial charge in [-0.15, -0.1) is 0 Å². The van der Waals surface area contributed by atoms with Crippen molar-refractivity contribution >= 4 is 16.7 Å². The van der Waals surface area contributed by atoms with E-state index in [9.17, 15) is 20.3 Å². The van der Waals surface area contributed by atoms with Crippen LogP contribution in [0.1, 0.15) is 5.82 Å². The van der Waals surface area contributed by atoms with Crippen molar-refractivity contribution in [3.63, 3.8) is 0 Å². The van der Waals surface area contributed by atoms with Crippen LogP contribution < -0.4 is 4.74 Å². The first-order chi connectivity index (χ1) is 12.1. The van der Waals surface area contributed by atoms with E-state index in [2.05, 4.69) is 4.98 Å². The number of para-hydroxylation sites is 2. The summed E-state index contributed by atoms with van der Waals surface area (Å²) >= 11 is 0. The number of ether oxygens (including phenoxy) is 1. The Morgan fingerprint density at radius 1 is 1.20 bits per heavy atom. The van der Waals surface area contributed by atoms with E-state index in [-0.39, 0.29) is 25.4 Å². The topological polar surface area (TPSA) is 111 Å². The molecule has 0 amide bonds. The Morgan fingerprint density at radius 3 is 2.60 bits per heavy atom. The maximum absolute atomic E-state index is 10.6. The molecule has 0 bridgehead atoms. The van der Waals surface area contributed by atoms with E-state index >= 15 is 0 Å². The number of fused-ring (bicyclic) bond motifs is 1. The molecule has 2 N–H and O–H groups in total. The average molecular weight is 343 g/mol. The molecule has 3 aromatic rings. The summed E-state index contributed by atoms with van der Waals surface area (Å²) in [5, 5.41) is 30.3. The summed E-state index contributed by atoms with van der Waals surface area (Å²) in [5.74, 6) is 0.901. The quantitative estimate of drug-likeness (QED) is 0.500. The number of hydrogen-bond donors (Lipinski definition) is 2. The third kappa shape index (κ3) is 3.76. The van der Waals surface area contributed by atoms with E-state index in [4.69, 9.17) is 4.74 Å². The second-order valence-electron chi connectivity index (χ2n) is 5.50. The highest BCUT2D eigenvalue weighted by molar-refractivity contribution is 5.75. The monoisotopic (exact) mass is 343 g/mol. The molecule has 0 aliphatic carbocycles. The molecular weight excluding hydrogens is 326 g/mol. The van der Waals surface area contributed by atoms with Gasteiger partial charge in [-0.3, -0.25) is 10.1 Å². The minimum absolute atomic E-state index is 0.00911. The number of aliphatic hydroxyl groups excluding tert-OH is 2. The fraction of sp³-hybridized carbons (Fsp3) is 0.235. The summed E-state index contributed by atoms with van der Waals surface area (Å²) in [6, 6.07) is 13.1. The van der Waals surface area contributed by atoms with E-state index in [0.717, 1.165) is 11.0 Å². The Hall–Kier alpha value is -2.97.